The average molecular weight is 382 g/mol. The van der Waals surface area contributed by atoms with Gasteiger partial charge in [-0.3, -0.25) is 9.59 Å². The fourth-order valence-corrected chi connectivity index (χ4v) is 3.06. The highest BCUT2D eigenvalue weighted by Crippen LogP contribution is 2.17. The average Bonchev–Trinajstić information content (AvgIpc) is 2.59. The standard InChI is InChI=1S/C18H26N2O5S/c1-5-11-19-18(22)14(4)25-17(21)10-12-20-26(23,24)16-8-6-15(7-9-16)13(2)3/h5-9,13-14,20H,1,10-12H2,2-4H3,(H,19,22)/t14-/m1/s1. The molecule has 0 heterocycles. The van der Waals surface area contributed by atoms with Crippen LogP contribution in [-0.2, 0) is 24.3 Å². The van der Waals surface area contributed by atoms with Crippen molar-refractivity contribution in [1.82, 2.24) is 10.0 Å². The van der Waals surface area contributed by atoms with Gasteiger partial charge < -0.3 is 10.1 Å². The molecule has 7 nitrogen and oxygen atoms in total. The summed E-state index contributed by atoms with van der Waals surface area (Å²) >= 11 is 0. The number of rotatable bonds is 10. The lowest BCUT2D eigenvalue weighted by Gasteiger charge is -2.13. The second-order valence-electron chi connectivity index (χ2n) is 6.04. The Labute approximate surface area is 154 Å². The Morgan fingerprint density at radius 1 is 1.19 bits per heavy atom. The highest BCUT2D eigenvalue weighted by atomic mass is 32.2. The Morgan fingerprint density at radius 2 is 1.81 bits per heavy atom. The van der Waals surface area contributed by atoms with Gasteiger partial charge in [-0.1, -0.05) is 32.1 Å². The van der Waals surface area contributed by atoms with E-state index in [4.69, 9.17) is 4.74 Å². The van der Waals surface area contributed by atoms with E-state index in [0.717, 1.165) is 5.56 Å². The third-order valence-electron chi connectivity index (χ3n) is 3.58. The first-order valence-electron chi connectivity index (χ1n) is 8.35. The van der Waals surface area contributed by atoms with Crippen LogP contribution in [0.4, 0.5) is 0 Å². The van der Waals surface area contributed by atoms with E-state index in [9.17, 15) is 18.0 Å². The highest BCUT2D eigenvalue weighted by Gasteiger charge is 2.18. The van der Waals surface area contributed by atoms with E-state index in [1.54, 1.807) is 12.1 Å². The molecule has 8 heteroatoms. The van der Waals surface area contributed by atoms with E-state index in [-0.39, 0.29) is 24.4 Å². The Balaban J connectivity index is 2.49. The quantitative estimate of drug-likeness (QED) is 0.474. The summed E-state index contributed by atoms with van der Waals surface area (Å²) in [4.78, 5) is 23.4. The summed E-state index contributed by atoms with van der Waals surface area (Å²) in [6.07, 6.45) is 0.375. The summed E-state index contributed by atoms with van der Waals surface area (Å²) in [7, 11) is -3.70. The second-order valence-corrected chi connectivity index (χ2v) is 7.80. The molecule has 0 unspecified atom stereocenters. The fourth-order valence-electron chi connectivity index (χ4n) is 2.03. The summed E-state index contributed by atoms with van der Waals surface area (Å²) in [6.45, 7) is 9.10. The van der Waals surface area contributed by atoms with E-state index < -0.39 is 28.0 Å². The predicted molar refractivity (Wildman–Crippen MR) is 99.1 cm³/mol. The van der Waals surface area contributed by atoms with Crippen LogP contribution in [0, 0.1) is 0 Å². The molecule has 1 aromatic carbocycles. The van der Waals surface area contributed by atoms with Crippen molar-refractivity contribution in [3.05, 3.63) is 42.5 Å². The van der Waals surface area contributed by atoms with Crippen LogP contribution < -0.4 is 10.0 Å². The van der Waals surface area contributed by atoms with Gasteiger partial charge in [0.1, 0.15) is 0 Å². The number of benzene rings is 1. The predicted octanol–water partition coefficient (Wildman–Crippen LogP) is 1.71. The van der Waals surface area contributed by atoms with Crippen LogP contribution in [-0.4, -0.2) is 39.5 Å². The monoisotopic (exact) mass is 382 g/mol. The van der Waals surface area contributed by atoms with Gasteiger partial charge in [0.2, 0.25) is 10.0 Å². The SMILES string of the molecule is C=CCNC(=O)[C@@H](C)OC(=O)CCNS(=O)(=O)c1ccc(C(C)C)cc1. The molecular weight excluding hydrogens is 356 g/mol. The Kier molecular flexibility index (Phi) is 8.47. The minimum Gasteiger partial charge on any atom is -0.453 e. The largest absolute Gasteiger partial charge is 0.453 e. The molecule has 1 rings (SSSR count). The lowest BCUT2D eigenvalue weighted by atomic mass is 10.0. The van der Waals surface area contributed by atoms with Crippen LogP contribution in [0.3, 0.4) is 0 Å². The van der Waals surface area contributed by atoms with Gasteiger partial charge >= 0.3 is 5.97 Å². The van der Waals surface area contributed by atoms with Crippen molar-refractivity contribution in [3.8, 4) is 0 Å². The number of ether oxygens (including phenoxy) is 1. The van der Waals surface area contributed by atoms with Gasteiger partial charge in [-0.05, 0) is 30.5 Å². The second kappa shape index (κ2) is 10.1. The molecule has 0 radical (unpaired) electrons. The molecule has 144 valence electrons. The lowest BCUT2D eigenvalue weighted by Crippen LogP contribution is -2.36. The van der Waals surface area contributed by atoms with Crippen molar-refractivity contribution in [3.63, 3.8) is 0 Å². The van der Waals surface area contributed by atoms with Crippen LogP contribution in [0.2, 0.25) is 0 Å². The number of nitrogens with one attached hydrogen (secondary N) is 2. The topological polar surface area (TPSA) is 102 Å². The van der Waals surface area contributed by atoms with Crippen molar-refractivity contribution in [2.24, 2.45) is 0 Å². The van der Waals surface area contributed by atoms with Gasteiger partial charge in [0.05, 0.1) is 11.3 Å². The molecule has 1 amide bonds. The van der Waals surface area contributed by atoms with Crippen LogP contribution in [0.25, 0.3) is 0 Å². The molecule has 0 aliphatic heterocycles. The van der Waals surface area contributed by atoms with Crippen molar-refractivity contribution < 1.29 is 22.7 Å². The number of esters is 1. The van der Waals surface area contributed by atoms with Crippen LogP contribution in [0.5, 0.6) is 0 Å². The van der Waals surface area contributed by atoms with E-state index in [0.29, 0.717) is 5.92 Å². The zero-order valence-electron chi connectivity index (χ0n) is 15.3. The summed E-state index contributed by atoms with van der Waals surface area (Å²) in [5, 5.41) is 2.51. The van der Waals surface area contributed by atoms with Gasteiger partial charge in [-0.25, -0.2) is 13.1 Å². The number of sulfonamides is 1. The van der Waals surface area contributed by atoms with E-state index in [1.165, 1.54) is 25.1 Å². The van der Waals surface area contributed by atoms with Gasteiger partial charge in [-0.2, -0.15) is 0 Å². The van der Waals surface area contributed by atoms with Crippen LogP contribution in [0.1, 0.15) is 38.7 Å². The number of amides is 1. The Bertz CT molecular complexity index is 726. The lowest BCUT2D eigenvalue weighted by molar-refractivity contribution is -0.154. The third-order valence-corrected chi connectivity index (χ3v) is 5.05. The molecule has 1 aromatic rings. The third kappa shape index (κ3) is 6.97. The van der Waals surface area contributed by atoms with Crippen molar-refractivity contribution >= 4 is 21.9 Å². The summed E-state index contributed by atoms with van der Waals surface area (Å²) in [6, 6.07) is 6.58. The number of hydrogen-bond donors (Lipinski definition) is 2. The van der Waals surface area contributed by atoms with Crippen molar-refractivity contribution in [1.29, 1.82) is 0 Å². The maximum Gasteiger partial charge on any atom is 0.307 e. The normalized spacial score (nSPS) is 12.5. The maximum atomic E-state index is 12.2. The van der Waals surface area contributed by atoms with Gasteiger partial charge in [-0.15, -0.1) is 6.58 Å². The fraction of sp³-hybridized carbons (Fsp3) is 0.444. The molecule has 0 bridgehead atoms. The summed E-state index contributed by atoms with van der Waals surface area (Å²) in [5.74, 6) is -0.798. The smallest absolute Gasteiger partial charge is 0.307 e. The Morgan fingerprint density at radius 3 is 2.35 bits per heavy atom. The first-order valence-corrected chi connectivity index (χ1v) is 9.83. The molecule has 0 aliphatic carbocycles. The molecular formula is C18H26N2O5S. The van der Waals surface area contributed by atoms with E-state index in [1.807, 2.05) is 13.8 Å². The molecule has 0 aromatic heterocycles. The van der Waals surface area contributed by atoms with E-state index in [2.05, 4.69) is 16.6 Å². The molecule has 1 atom stereocenters. The molecule has 0 fully saturated rings. The van der Waals surface area contributed by atoms with Crippen LogP contribution in [0.15, 0.2) is 41.8 Å². The van der Waals surface area contributed by atoms with Crippen molar-refractivity contribution in [2.75, 3.05) is 13.1 Å². The number of carbonyl (C=O) groups excluding carboxylic acids is 2. The first kappa shape index (κ1) is 21.9. The first-order chi connectivity index (χ1) is 12.2. The van der Waals surface area contributed by atoms with Gasteiger partial charge in [0.15, 0.2) is 6.10 Å². The molecule has 0 aliphatic rings. The highest BCUT2D eigenvalue weighted by molar-refractivity contribution is 7.89. The summed E-state index contributed by atoms with van der Waals surface area (Å²) in [5.41, 5.74) is 1.04. The summed E-state index contributed by atoms with van der Waals surface area (Å²) < 4.78 is 31.7. The maximum absolute atomic E-state index is 12.2. The molecule has 2 N–H and O–H groups in total. The van der Waals surface area contributed by atoms with Crippen molar-refractivity contribution in [2.45, 2.75) is 44.1 Å². The number of carbonyl (C=O) groups is 2. The van der Waals surface area contributed by atoms with Gasteiger partial charge in [0, 0.05) is 13.1 Å². The van der Waals surface area contributed by atoms with Crippen LogP contribution >= 0.6 is 0 Å². The number of hydrogen-bond acceptors (Lipinski definition) is 5. The van der Waals surface area contributed by atoms with Gasteiger partial charge in [0.25, 0.3) is 5.91 Å². The molecule has 0 saturated carbocycles. The minimum atomic E-state index is -3.70. The molecule has 0 spiro atoms. The molecule has 26 heavy (non-hydrogen) atoms. The van der Waals surface area contributed by atoms with E-state index >= 15 is 0 Å². The zero-order valence-corrected chi connectivity index (χ0v) is 16.1. The Hall–Kier alpha value is -2.19. The zero-order chi connectivity index (χ0) is 19.7. The molecule has 0 saturated heterocycles. The minimum absolute atomic E-state index is 0.117.